The van der Waals surface area contributed by atoms with Crippen LogP contribution in [0.5, 0.6) is 0 Å². The molecular formula is C16H23N5. The summed E-state index contributed by atoms with van der Waals surface area (Å²) in [6.07, 6.45) is 2.92. The van der Waals surface area contributed by atoms with Crippen molar-refractivity contribution in [2.24, 2.45) is 5.92 Å². The SMILES string of the molecule is CC(C)C1CC(c2n[nH]c(CCc3ccccc3)n2)NN1. The minimum absolute atomic E-state index is 0.208. The molecule has 0 saturated carbocycles. The number of nitrogens with zero attached hydrogens (tertiary/aromatic N) is 2. The molecule has 2 atom stereocenters. The van der Waals surface area contributed by atoms with E-state index in [0.29, 0.717) is 12.0 Å². The fraction of sp³-hybridized carbons (Fsp3) is 0.500. The number of aromatic amines is 1. The molecule has 1 aliphatic heterocycles. The van der Waals surface area contributed by atoms with E-state index in [4.69, 9.17) is 0 Å². The van der Waals surface area contributed by atoms with Crippen LogP contribution < -0.4 is 10.9 Å². The first kappa shape index (κ1) is 14.2. The van der Waals surface area contributed by atoms with Crippen molar-refractivity contribution in [1.29, 1.82) is 0 Å². The fourth-order valence-electron chi connectivity index (χ4n) is 2.67. The van der Waals surface area contributed by atoms with Crippen LogP contribution in [0.4, 0.5) is 0 Å². The molecule has 1 aromatic heterocycles. The van der Waals surface area contributed by atoms with E-state index in [-0.39, 0.29) is 6.04 Å². The normalized spacial score (nSPS) is 22.0. The van der Waals surface area contributed by atoms with Gasteiger partial charge in [0.1, 0.15) is 5.82 Å². The molecule has 1 aromatic carbocycles. The minimum Gasteiger partial charge on any atom is -0.263 e. The van der Waals surface area contributed by atoms with Gasteiger partial charge < -0.3 is 0 Å². The van der Waals surface area contributed by atoms with E-state index >= 15 is 0 Å². The largest absolute Gasteiger partial charge is 0.263 e. The molecule has 0 amide bonds. The van der Waals surface area contributed by atoms with E-state index in [1.807, 2.05) is 6.07 Å². The molecule has 2 aromatic rings. The highest BCUT2D eigenvalue weighted by atomic mass is 15.4. The maximum atomic E-state index is 4.63. The number of hydrogen-bond donors (Lipinski definition) is 3. The summed E-state index contributed by atoms with van der Waals surface area (Å²) in [7, 11) is 0. The quantitative estimate of drug-likeness (QED) is 0.787. The van der Waals surface area contributed by atoms with Crippen molar-refractivity contribution < 1.29 is 0 Å². The highest BCUT2D eigenvalue weighted by molar-refractivity contribution is 5.15. The molecule has 1 aliphatic rings. The summed E-state index contributed by atoms with van der Waals surface area (Å²) < 4.78 is 0. The lowest BCUT2D eigenvalue weighted by molar-refractivity contribution is 0.431. The van der Waals surface area contributed by atoms with E-state index < -0.39 is 0 Å². The van der Waals surface area contributed by atoms with Gasteiger partial charge in [-0.2, -0.15) is 5.10 Å². The van der Waals surface area contributed by atoms with E-state index in [1.54, 1.807) is 0 Å². The zero-order chi connectivity index (χ0) is 14.7. The first-order valence-electron chi connectivity index (χ1n) is 7.68. The van der Waals surface area contributed by atoms with Gasteiger partial charge in [-0.1, -0.05) is 44.2 Å². The van der Waals surface area contributed by atoms with E-state index in [9.17, 15) is 0 Å². The third-order valence-corrected chi connectivity index (χ3v) is 4.09. The zero-order valence-electron chi connectivity index (χ0n) is 12.6. The van der Waals surface area contributed by atoms with Crippen LogP contribution in [-0.2, 0) is 12.8 Å². The number of aryl methyl sites for hydroxylation is 2. The minimum atomic E-state index is 0.208. The highest BCUT2D eigenvalue weighted by Gasteiger charge is 2.29. The van der Waals surface area contributed by atoms with Crippen LogP contribution in [0.25, 0.3) is 0 Å². The molecule has 112 valence electrons. The summed E-state index contributed by atoms with van der Waals surface area (Å²) in [6.45, 7) is 4.45. The number of aromatic nitrogens is 3. The maximum absolute atomic E-state index is 4.63. The topological polar surface area (TPSA) is 65.6 Å². The molecule has 2 heterocycles. The van der Waals surface area contributed by atoms with Gasteiger partial charge in [0.25, 0.3) is 0 Å². The van der Waals surface area contributed by atoms with Crippen molar-refractivity contribution in [3.63, 3.8) is 0 Å². The van der Waals surface area contributed by atoms with Crippen molar-refractivity contribution >= 4 is 0 Å². The molecule has 21 heavy (non-hydrogen) atoms. The lowest BCUT2D eigenvalue weighted by atomic mass is 9.99. The molecule has 0 bridgehead atoms. The number of nitrogens with one attached hydrogen (secondary N) is 3. The van der Waals surface area contributed by atoms with Gasteiger partial charge in [0.15, 0.2) is 5.82 Å². The van der Waals surface area contributed by atoms with Crippen molar-refractivity contribution in [1.82, 2.24) is 26.0 Å². The molecule has 2 unspecified atom stereocenters. The first-order chi connectivity index (χ1) is 10.2. The number of benzene rings is 1. The van der Waals surface area contributed by atoms with Gasteiger partial charge in [-0.15, -0.1) is 0 Å². The van der Waals surface area contributed by atoms with Crippen molar-refractivity contribution in [2.45, 2.75) is 45.2 Å². The third-order valence-electron chi connectivity index (χ3n) is 4.09. The Bertz CT molecular complexity index is 563. The molecule has 5 heteroatoms. The van der Waals surface area contributed by atoms with E-state index in [1.165, 1.54) is 5.56 Å². The van der Waals surface area contributed by atoms with E-state index in [0.717, 1.165) is 30.9 Å². The molecule has 1 fully saturated rings. The van der Waals surface area contributed by atoms with Gasteiger partial charge in [-0.3, -0.25) is 10.5 Å². The monoisotopic (exact) mass is 285 g/mol. The molecule has 0 radical (unpaired) electrons. The summed E-state index contributed by atoms with van der Waals surface area (Å²) in [5, 5.41) is 7.43. The van der Waals surface area contributed by atoms with Crippen LogP contribution >= 0.6 is 0 Å². The smallest absolute Gasteiger partial charge is 0.168 e. The average molecular weight is 285 g/mol. The Morgan fingerprint density at radius 3 is 2.67 bits per heavy atom. The second-order valence-electron chi connectivity index (χ2n) is 6.05. The summed E-state index contributed by atoms with van der Waals surface area (Å²) in [5.74, 6) is 2.44. The summed E-state index contributed by atoms with van der Waals surface area (Å²) in [6, 6.07) is 11.2. The van der Waals surface area contributed by atoms with E-state index in [2.05, 4.69) is 64.1 Å². The summed E-state index contributed by atoms with van der Waals surface area (Å²) >= 11 is 0. The standard InChI is InChI=1S/C16H23N5/c1-11(2)13-10-14(19-18-13)16-17-15(20-21-16)9-8-12-6-4-3-5-7-12/h3-7,11,13-14,18-19H,8-10H2,1-2H3,(H,17,20,21). The van der Waals surface area contributed by atoms with Crippen molar-refractivity contribution in [2.75, 3.05) is 0 Å². The Morgan fingerprint density at radius 2 is 1.95 bits per heavy atom. The average Bonchev–Trinajstić information content (AvgIpc) is 3.15. The van der Waals surface area contributed by atoms with Crippen LogP contribution in [0.2, 0.25) is 0 Å². The summed E-state index contributed by atoms with van der Waals surface area (Å²) in [5.41, 5.74) is 7.95. The fourth-order valence-corrected chi connectivity index (χ4v) is 2.67. The predicted molar refractivity (Wildman–Crippen MR) is 82.5 cm³/mol. The van der Waals surface area contributed by atoms with Crippen LogP contribution in [-0.4, -0.2) is 21.2 Å². The number of rotatable bonds is 5. The lowest BCUT2D eigenvalue weighted by Crippen LogP contribution is -2.34. The number of hydrazine groups is 1. The number of H-pyrrole nitrogens is 1. The lowest BCUT2D eigenvalue weighted by Gasteiger charge is -2.12. The molecule has 1 saturated heterocycles. The van der Waals surface area contributed by atoms with Gasteiger partial charge in [0.05, 0.1) is 6.04 Å². The molecule has 3 rings (SSSR count). The highest BCUT2D eigenvalue weighted by Crippen LogP contribution is 2.23. The Hall–Kier alpha value is -1.72. The zero-order valence-corrected chi connectivity index (χ0v) is 12.6. The second-order valence-corrected chi connectivity index (χ2v) is 6.05. The molecular weight excluding hydrogens is 262 g/mol. The second kappa shape index (κ2) is 6.37. The number of hydrogen-bond acceptors (Lipinski definition) is 4. The molecule has 0 aliphatic carbocycles. The van der Waals surface area contributed by atoms with Gasteiger partial charge in [-0.25, -0.2) is 10.4 Å². The van der Waals surface area contributed by atoms with Gasteiger partial charge >= 0.3 is 0 Å². The van der Waals surface area contributed by atoms with Gasteiger partial charge in [-0.05, 0) is 24.3 Å². The van der Waals surface area contributed by atoms with Gasteiger partial charge in [0, 0.05) is 12.5 Å². The maximum Gasteiger partial charge on any atom is 0.168 e. The van der Waals surface area contributed by atoms with Crippen LogP contribution in [0.3, 0.4) is 0 Å². The molecule has 3 N–H and O–H groups in total. The molecule has 0 spiro atoms. The van der Waals surface area contributed by atoms with Crippen molar-refractivity contribution in [3.8, 4) is 0 Å². The summed E-state index contributed by atoms with van der Waals surface area (Å²) in [4.78, 5) is 4.63. The van der Waals surface area contributed by atoms with Crippen LogP contribution in [0.15, 0.2) is 30.3 Å². The Balaban J connectivity index is 1.57. The Kier molecular flexibility index (Phi) is 4.31. The van der Waals surface area contributed by atoms with Crippen LogP contribution in [0, 0.1) is 5.92 Å². The van der Waals surface area contributed by atoms with Gasteiger partial charge in [0.2, 0.25) is 0 Å². The van der Waals surface area contributed by atoms with Crippen molar-refractivity contribution in [3.05, 3.63) is 47.5 Å². The van der Waals surface area contributed by atoms with Crippen LogP contribution in [0.1, 0.15) is 43.5 Å². The third kappa shape index (κ3) is 3.49. The first-order valence-corrected chi connectivity index (χ1v) is 7.68. The molecule has 5 nitrogen and oxygen atoms in total. The Labute approximate surface area is 125 Å². The Morgan fingerprint density at radius 1 is 1.14 bits per heavy atom. The predicted octanol–water partition coefficient (Wildman–Crippen LogP) is 2.15.